The summed E-state index contributed by atoms with van der Waals surface area (Å²) in [7, 11) is 1.99. The minimum absolute atomic E-state index is 0.151. The van der Waals surface area contributed by atoms with E-state index in [1.807, 2.05) is 64.2 Å². The Morgan fingerprint density at radius 2 is 1.93 bits per heavy atom. The topological polar surface area (TPSA) is 83.8 Å². The highest BCUT2D eigenvalue weighted by molar-refractivity contribution is 6.34. The summed E-state index contributed by atoms with van der Waals surface area (Å²) in [4.78, 5) is 20.1. The monoisotopic (exact) mass is 390 g/mol. The van der Waals surface area contributed by atoms with Gasteiger partial charge in [0.1, 0.15) is 13.7 Å². The van der Waals surface area contributed by atoms with Gasteiger partial charge in [0.2, 0.25) is 0 Å². The number of aromatic amines is 1. The zero-order chi connectivity index (χ0) is 20.1. The first-order chi connectivity index (χ1) is 13.2. The van der Waals surface area contributed by atoms with Crippen molar-refractivity contribution in [2.24, 2.45) is 5.73 Å². The number of nitrogens with zero attached hydrogens (tertiary/aromatic N) is 1. The van der Waals surface area contributed by atoms with Crippen LogP contribution < -0.4 is 22.1 Å². The zero-order valence-electron chi connectivity index (χ0n) is 15.9. The van der Waals surface area contributed by atoms with E-state index in [1.165, 1.54) is 0 Å². The lowest BCUT2D eigenvalue weighted by Crippen LogP contribution is -2.28. The van der Waals surface area contributed by atoms with Crippen LogP contribution in [-0.2, 0) is 5.54 Å². The predicted octanol–water partition coefficient (Wildman–Crippen LogP) is 2.93. The van der Waals surface area contributed by atoms with Gasteiger partial charge in [-0.25, -0.2) is 4.98 Å². The molecular formula is C21H20BClN4O. The molecule has 0 bridgehead atoms. The van der Waals surface area contributed by atoms with Gasteiger partial charge in [-0.2, -0.15) is 0 Å². The van der Waals surface area contributed by atoms with Crippen LogP contribution in [0.3, 0.4) is 0 Å². The van der Waals surface area contributed by atoms with Gasteiger partial charge >= 0.3 is 0 Å². The number of halogens is 1. The fraction of sp³-hybridized carbons (Fsp3) is 0.143. The Hall–Kier alpha value is -2.83. The molecule has 4 N–H and O–H groups in total. The number of H-pyrrole nitrogens is 1. The molecule has 0 fully saturated rings. The van der Waals surface area contributed by atoms with Crippen LogP contribution >= 0.6 is 11.6 Å². The molecule has 7 heteroatoms. The lowest BCUT2D eigenvalue weighted by Gasteiger charge is -2.21. The molecule has 0 aliphatic rings. The molecule has 0 aliphatic heterocycles. The summed E-state index contributed by atoms with van der Waals surface area (Å²) in [5.74, 6) is 0.575. The van der Waals surface area contributed by atoms with Crippen molar-refractivity contribution in [2.75, 3.05) is 5.32 Å². The van der Waals surface area contributed by atoms with E-state index in [2.05, 4.69) is 10.3 Å². The van der Waals surface area contributed by atoms with Crippen LogP contribution in [0.5, 0.6) is 0 Å². The van der Waals surface area contributed by atoms with Crippen molar-refractivity contribution >= 4 is 58.1 Å². The summed E-state index contributed by atoms with van der Waals surface area (Å²) in [5, 5.41) is 6.02. The molecule has 0 atom stereocenters. The smallest absolute Gasteiger partial charge is 0.256 e. The fourth-order valence-corrected chi connectivity index (χ4v) is 3.48. The highest BCUT2D eigenvalue weighted by Crippen LogP contribution is 2.33. The molecular weight excluding hydrogens is 371 g/mol. The van der Waals surface area contributed by atoms with E-state index in [0.717, 1.165) is 27.3 Å². The molecule has 0 amide bonds. The van der Waals surface area contributed by atoms with Crippen LogP contribution in [0.25, 0.3) is 21.7 Å². The molecule has 0 unspecified atom stereocenters. The van der Waals surface area contributed by atoms with E-state index < -0.39 is 5.54 Å². The van der Waals surface area contributed by atoms with E-state index in [1.54, 1.807) is 6.20 Å². The average Bonchev–Trinajstić information content (AvgIpc) is 2.63. The first-order valence-electron chi connectivity index (χ1n) is 9.02. The average molecular weight is 391 g/mol. The molecule has 0 radical (unpaired) electrons. The van der Waals surface area contributed by atoms with E-state index in [-0.39, 0.29) is 5.56 Å². The van der Waals surface area contributed by atoms with Crippen molar-refractivity contribution in [1.29, 1.82) is 0 Å². The van der Waals surface area contributed by atoms with Crippen molar-refractivity contribution in [1.82, 2.24) is 9.97 Å². The Balaban J connectivity index is 1.96. The van der Waals surface area contributed by atoms with E-state index in [4.69, 9.17) is 22.3 Å². The van der Waals surface area contributed by atoms with Crippen LogP contribution in [0.15, 0.2) is 53.5 Å². The highest BCUT2D eigenvalue weighted by Gasteiger charge is 2.17. The number of rotatable bonds is 3. The zero-order valence-corrected chi connectivity index (χ0v) is 16.7. The van der Waals surface area contributed by atoms with Gasteiger partial charge in [0.05, 0.1) is 21.6 Å². The maximum absolute atomic E-state index is 12.6. The molecule has 5 nitrogen and oxygen atoms in total. The lowest BCUT2D eigenvalue weighted by atomic mass is 9.93. The van der Waals surface area contributed by atoms with Crippen LogP contribution in [-0.4, -0.2) is 17.8 Å². The Kier molecular flexibility index (Phi) is 4.40. The first kappa shape index (κ1) is 18.5. The lowest BCUT2D eigenvalue weighted by molar-refractivity contribution is 0.555. The fourth-order valence-electron chi connectivity index (χ4n) is 3.32. The summed E-state index contributed by atoms with van der Waals surface area (Å²) in [6.07, 6.45) is 1.63. The number of nitrogens with one attached hydrogen (secondary N) is 2. The van der Waals surface area contributed by atoms with E-state index in [9.17, 15) is 4.79 Å². The normalized spacial score (nSPS) is 11.9. The van der Waals surface area contributed by atoms with Gasteiger partial charge in [0.25, 0.3) is 5.56 Å². The van der Waals surface area contributed by atoms with Crippen molar-refractivity contribution in [3.63, 3.8) is 0 Å². The summed E-state index contributed by atoms with van der Waals surface area (Å²) in [5.41, 5.74) is 9.02. The molecule has 2 heterocycles. The van der Waals surface area contributed by atoms with Gasteiger partial charge in [-0.3, -0.25) is 4.79 Å². The third-order valence-electron chi connectivity index (χ3n) is 4.83. The Labute approximate surface area is 168 Å². The van der Waals surface area contributed by atoms with Gasteiger partial charge in [0, 0.05) is 22.5 Å². The minimum Gasteiger partial charge on any atom is -0.338 e. The van der Waals surface area contributed by atoms with Crippen molar-refractivity contribution in [3.05, 3.63) is 69.6 Å². The molecule has 4 rings (SSSR count). The molecule has 0 saturated carbocycles. The van der Waals surface area contributed by atoms with Gasteiger partial charge in [-0.15, -0.1) is 0 Å². The number of anilines is 2. The van der Waals surface area contributed by atoms with Gasteiger partial charge < -0.3 is 16.0 Å². The number of benzene rings is 2. The first-order valence-corrected chi connectivity index (χ1v) is 9.39. The number of hydrogen-bond donors (Lipinski definition) is 3. The molecule has 2 aromatic carbocycles. The highest BCUT2D eigenvalue weighted by atomic mass is 35.5. The molecule has 28 heavy (non-hydrogen) atoms. The Morgan fingerprint density at radius 1 is 1.14 bits per heavy atom. The summed E-state index contributed by atoms with van der Waals surface area (Å²) in [6, 6.07) is 13.4. The second-order valence-electron chi connectivity index (χ2n) is 7.62. The largest absolute Gasteiger partial charge is 0.338 e. The van der Waals surface area contributed by atoms with Gasteiger partial charge in [0.15, 0.2) is 0 Å². The van der Waals surface area contributed by atoms with E-state index in [0.29, 0.717) is 21.9 Å². The maximum atomic E-state index is 12.6. The Morgan fingerprint density at radius 3 is 2.68 bits per heavy atom. The molecule has 0 aliphatic carbocycles. The summed E-state index contributed by atoms with van der Waals surface area (Å²) < 4.78 is 0. The van der Waals surface area contributed by atoms with Crippen LogP contribution in [0.2, 0.25) is 5.02 Å². The van der Waals surface area contributed by atoms with Crippen LogP contribution in [0.1, 0.15) is 19.4 Å². The van der Waals surface area contributed by atoms with Gasteiger partial charge in [-0.05, 0) is 43.7 Å². The van der Waals surface area contributed by atoms with Crippen molar-refractivity contribution in [3.8, 4) is 0 Å². The van der Waals surface area contributed by atoms with Crippen LogP contribution in [0.4, 0.5) is 11.5 Å². The third kappa shape index (κ3) is 3.25. The second kappa shape index (κ2) is 6.65. The van der Waals surface area contributed by atoms with Gasteiger partial charge in [-0.1, -0.05) is 35.3 Å². The van der Waals surface area contributed by atoms with E-state index >= 15 is 0 Å². The third-order valence-corrected chi connectivity index (χ3v) is 5.16. The Bertz CT molecular complexity index is 1280. The standard InChI is InChI=1S/C21H20BClN4O/c1-21(2,24)11-3-5-15(23)17(9-11)27-19-13-7-8-25-20(28)18(13)14-10-12(22)4-6-16(14)26-19/h3-10H,22,24H2,1-2H3,(H,25,28)(H,26,27). The number of nitrogens with two attached hydrogens (primary N) is 1. The molecule has 140 valence electrons. The molecule has 0 saturated heterocycles. The number of aromatic nitrogens is 2. The number of hydrogen-bond acceptors (Lipinski definition) is 4. The summed E-state index contributed by atoms with van der Waals surface area (Å²) >= 11 is 6.42. The quantitative estimate of drug-likeness (QED) is 0.371. The number of pyridine rings is 2. The SMILES string of the molecule is Bc1ccc2nc(Nc3cc(C(C)(C)N)ccc3Cl)c3cc[nH]c(=O)c3c2c1. The maximum Gasteiger partial charge on any atom is 0.256 e. The predicted molar refractivity (Wildman–Crippen MR) is 120 cm³/mol. The minimum atomic E-state index is -0.505. The van der Waals surface area contributed by atoms with Crippen molar-refractivity contribution < 1.29 is 0 Å². The molecule has 4 aromatic rings. The number of fused-ring (bicyclic) bond motifs is 3. The second-order valence-corrected chi connectivity index (χ2v) is 8.02. The van der Waals surface area contributed by atoms with Crippen LogP contribution in [0, 0.1) is 0 Å². The molecule has 0 spiro atoms. The van der Waals surface area contributed by atoms with Crippen molar-refractivity contribution in [2.45, 2.75) is 19.4 Å². The molecule has 2 aromatic heterocycles. The summed E-state index contributed by atoms with van der Waals surface area (Å²) in [6.45, 7) is 3.87.